The Kier molecular flexibility index (Phi) is 4.46. The monoisotopic (exact) mass is 328 g/mol. The van der Waals surface area contributed by atoms with Crippen LogP contribution in [0.1, 0.15) is 50.0 Å². The van der Waals surface area contributed by atoms with Crippen LogP contribution in [-0.4, -0.2) is 27.8 Å². The summed E-state index contributed by atoms with van der Waals surface area (Å²) in [5.74, 6) is 0.740. The van der Waals surface area contributed by atoms with Crippen molar-refractivity contribution in [3.8, 4) is 0 Å². The minimum atomic E-state index is -0.655. The maximum Gasteiger partial charge on any atom is 0.213 e. The first-order chi connectivity index (χ1) is 9.00. The molecule has 0 bridgehead atoms. The van der Waals surface area contributed by atoms with Crippen LogP contribution in [0.4, 0.5) is 0 Å². The first-order valence-electron chi connectivity index (χ1n) is 6.86. The molecule has 19 heavy (non-hydrogen) atoms. The van der Waals surface area contributed by atoms with Crippen LogP contribution in [0, 0.1) is 5.92 Å². The van der Waals surface area contributed by atoms with Crippen molar-refractivity contribution in [1.82, 2.24) is 9.78 Å². The molecular formula is C14H21BrN2O2. The van der Waals surface area contributed by atoms with E-state index in [1.807, 2.05) is 6.92 Å². The molecule has 4 nitrogen and oxygen atoms in total. The summed E-state index contributed by atoms with van der Waals surface area (Å²) in [6.07, 6.45) is 5.36. The lowest BCUT2D eigenvalue weighted by atomic mass is 9.76. The summed E-state index contributed by atoms with van der Waals surface area (Å²) in [5, 5.41) is 4.13. The molecule has 0 radical (unpaired) electrons. The topological polar surface area (TPSA) is 44.1 Å². The number of hydrogen-bond acceptors (Lipinski definition) is 3. The average Bonchev–Trinajstić information content (AvgIpc) is 2.71. The van der Waals surface area contributed by atoms with Crippen molar-refractivity contribution in [1.29, 1.82) is 0 Å². The fourth-order valence-electron chi connectivity index (χ4n) is 2.82. The van der Waals surface area contributed by atoms with E-state index in [2.05, 4.69) is 28.0 Å². The van der Waals surface area contributed by atoms with Crippen molar-refractivity contribution in [2.75, 3.05) is 6.61 Å². The molecule has 1 aliphatic carbocycles. The van der Waals surface area contributed by atoms with Gasteiger partial charge < -0.3 is 4.74 Å². The number of nitrogens with zero attached hydrogens (tertiary/aromatic N) is 2. The van der Waals surface area contributed by atoms with E-state index in [-0.39, 0.29) is 5.78 Å². The smallest absolute Gasteiger partial charge is 0.213 e. The fourth-order valence-corrected chi connectivity index (χ4v) is 3.35. The van der Waals surface area contributed by atoms with Crippen molar-refractivity contribution >= 4 is 21.7 Å². The highest BCUT2D eigenvalue weighted by molar-refractivity contribution is 9.10. The lowest BCUT2D eigenvalue weighted by molar-refractivity contribution is -0.0479. The molecule has 1 aromatic rings. The highest BCUT2D eigenvalue weighted by atomic mass is 79.9. The van der Waals surface area contributed by atoms with Crippen molar-refractivity contribution < 1.29 is 9.53 Å². The van der Waals surface area contributed by atoms with Crippen LogP contribution in [0.2, 0.25) is 0 Å². The molecule has 0 N–H and O–H groups in total. The normalized spacial score (nSPS) is 27.5. The van der Waals surface area contributed by atoms with Crippen molar-refractivity contribution in [2.45, 2.75) is 45.1 Å². The number of ketones is 1. The zero-order valence-corrected chi connectivity index (χ0v) is 13.4. The van der Waals surface area contributed by atoms with E-state index >= 15 is 0 Å². The molecule has 1 aromatic heterocycles. The van der Waals surface area contributed by atoms with Crippen molar-refractivity contribution in [3.05, 3.63) is 16.4 Å². The van der Waals surface area contributed by atoms with Crippen LogP contribution in [0.5, 0.6) is 0 Å². The van der Waals surface area contributed by atoms with E-state index in [0.29, 0.717) is 18.2 Å². The van der Waals surface area contributed by atoms with Crippen LogP contribution >= 0.6 is 15.9 Å². The number of aryl methyl sites for hydroxylation is 1. The SMILES string of the molecule is CCOC1(C(=O)c2c(Br)cnn2C)CCC(C)CC1. The second-order valence-electron chi connectivity index (χ2n) is 5.40. The molecule has 0 atom stereocenters. The predicted molar refractivity (Wildman–Crippen MR) is 77.2 cm³/mol. The van der Waals surface area contributed by atoms with E-state index in [0.717, 1.165) is 30.2 Å². The summed E-state index contributed by atoms with van der Waals surface area (Å²) in [6, 6.07) is 0. The van der Waals surface area contributed by atoms with Gasteiger partial charge in [-0.25, -0.2) is 0 Å². The molecular weight excluding hydrogens is 308 g/mol. The highest BCUT2D eigenvalue weighted by Gasteiger charge is 2.43. The summed E-state index contributed by atoms with van der Waals surface area (Å²) >= 11 is 3.41. The molecule has 106 valence electrons. The summed E-state index contributed by atoms with van der Waals surface area (Å²) in [5.41, 5.74) is -0.0413. The third-order valence-electron chi connectivity index (χ3n) is 4.03. The Hall–Kier alpha value is -0.680. The Bertz CT molecular complexity index is 443. The van der Waals surface area contributed by atoms with Gasteiger partial charge in [-0.05, 0) is 54.5 Å². The number of rotatable bonds is 4. The Balaban J connectivity index is 2.32. The third-order valence-corrected chi connectivity index (χ3v) is 4.61. The van der Waals surface area contributed by atoms with E-state index < -0.39 is 5.60 Å². The van der Waals surface area contributed by atoms with Gasteiger partial charge in [0.2, 0.25) is 5.78 Å². The number of carbonyl (C=O) groups is 1. The van der Waals surface area contributed by atoms with Gasteiger partial charge in [-0.3, -0.25) is 9.48 Å². The molecule has 5 heteroatoms. The second kappa shape index (κ2) is 5.75. The van der Waals surface area contributed by atoms with Gasteiger partial charge in [0.05, 0.1) is 10.7 Å². The maximum atomic E-state index is 12.9. The van der Waals surface area contributed by atoms with Crippen LogP contribution in [0.15, 0.2) is 10.7 Å². The third kappa shape index (κ3) is 2.77. The molecule has 2 rings (SSSR count). The van der Waals surface area contributed by atoms with Gasteiger partial charge in [0.25, 0.3) is 0 Å². The molecule has 1 fully saturated rings. The number of hydrogen-bond donors (Lipinski definition) is 0. The molecule has 0 spiro atoms. The molecule has 0 aromatic carbocycles. The Morgan fingerprint density at radius 1 is 1.58 bits per heavy atom. The summed E-state index contributed by atoms with van der Waals surface area (Å²) in [6.45, 7) is 4.75. The number of carbonyl (C=O) groups excluding carboxylic acids is 1. The van der Waals surface area contributed by atoms with Gasteiger partial charge in [-0.2, -0.15) is 5.10 Å². The Labute approximate surface area is 122 Å². The van der Waals surface area contributed by atoms with E-state index in [1.54, 1.807) is 17.9 Å². The minimum Gasteiger partial charge on any atom is -0.367 e. The van der Waals surface area contributed by atoms with Crippen LogP contribution in [-0.2, 0) is 11.8 Å². The molecule has 0 aliphatic heterocycles. The number of Topliss-reactive ketones (excluding diaryl/α,β-unsaturated/α-hetero) is 1. The quantitative estimate of drug-likeness (QED) is 0.796. The number of aromatic nitrogens is 2. The lowest BCUT2D eigenvalue weighted by Crippen LogP contribution is -2.45. The molecule has 1 aliphatic rings. The van der Waals surface area contributed by atoms with Crippen molar-refractivity contribution in [2.24, 2.45) is 13.0 Å². The molecule has 1 saturated carbocycles. The van der Waals surface area contributed by atoms with Gasteiger partial charge >= 0.3 is 0 Å². The second-order valence-corrected chi connectivity index (χ2v) is 6.26. The van der Waals surface area contributed by atoms with Crippen molar-refractivity contribution in [3.63, 3.8) is 0 Å². The minimum absolute atomic E-state index is 0.0631. The molecule has 1 heterocycles. The standard InChI is InChI=1S/C14H21BrN2O2/c1-4-19-14(7-5-10(2)6-8-14)13(18)12-11(15)9-16-17(12)3/h9-10H,4-8H2,1-3H3. The summed E-state index contributed by atoms with van der Waals surface area (Å²) in [4.78, 5) is 12.9. The number of ether oxygens (including phenoxy) is 1. The Morgan fingerprint density at radius 3 is 2.68 bits per heavy atom. The molecule has 0 saturated heterocycles. The van der Waals surface area contributed by atoms with E-state index in [4.69, 9.17) is 4.74 Å². The van der Waals surface area contributed by atoms with Gasteiger partial charge in [0, 0.05) is 13.7 Å². The maximum absolute atomic E-state index is 12.9. The summed E-state index contributed by atoms with van der Waals surface area (Å²) < 4.78 is 8.28. The average molecular weight is 329 g/mol. The molecule has 0 unspecified atom stereocenters. The zero-order chi connectivity index (χ0) is 14.0. The predicted octanol–water partition coefficient (Wildman–Crippen LogP) is 3.35. The first-order valence-corrected chi connectivity index (χ1v) is 7.65. The van der Waals surface area contributed by atoms with Crippen LogP contribution in [0.3, 0.4) is 0 Å². The van der Waals surface area contributed by atoms with Gasteiger partial charge in [-0.15, -0.1) is 0 Å². The number of halogens is 1. The van der Waals surface area contributed by atoms with Gasteiger partial charge in [0.1, 0.15) is 11.3 Å². The largest absolute Gasteiger partial charge is 0.367 e. The van der Waals surface area contributed by atoms with E-state index in [1.165, 1.54) is 0 Å². The Morgan fingerprint density at radius 2 is 2.21 bits per heavy atom. The van der Waals surface area contributed by atoms with E-state index in [9.17, 15) is 4.79 Å². The lowest BCUT2D eigenvalue weighted by Gasteiger charge is -2.37. The first kappa shape index (κ1) is 14.7. The summed E-state index contributed by atoms with van der Waals surface area (Å²) in [7, 11) is 1.79. The molecule has 0 amide bonds. The zero-order valence-electron chi connectivity index (χ0n) is 11.8. The van der Waals surface area contributed by atoms with Gasteiger partial charge in [0.15, 0.2) is 0 Å². The van der Waals surface area contributed by atoms with Gasteiger partial charge in [-0.1, -0.05) is 6.92 Å². The van der Waals surface area contributed by atoms with Crippen LogP contribution in [0.25, 0.3) is 0 Å². The fraction of sp³-hybridized carbons (Fsp3) is 0.714. The van der Waals surface area contributed by atoms with Crippen LogP contribution < -0.4 is 0 Å². The highest BCUT2D eigenvalue weighted by Crippen LogP contribution is 2.38.